The quantitative estimate of drug-likeness (QED) is 0.273. The number of rotatable bonds is 2. The van der Waals surface area contributed by atoms with Gasteiger partial charge in [-0.3, -0.25) is 0 Å². The van der Waals surface area contributed by atoms with Gasteiger partial charge in [-0.15, -0.1) is 0 Å². The Morgan fingerprint density at radius 2 is 1.19 bits per heavy atom. The fourth-order valence-electron chi connectivity index (χ4n) is 5.34. The molecule has 1 aliphatic heterocycles. The molecule has 0 saturated carbocycles. The average Bonchev–Trinajstić information content (AvgIpc) is 2.82. The summed E-state index contributed by atoms with van der Waals surface area (Å²) in [4.78, 5) is 5.05. The molecule has 32 heavy (non-hydrogen) atoms. The second-order valence-corrected chi connectivity index (χ2v) is 8.80. The lowest BCUT2D eigenvalue weighted by atomic mass is 9.98. The molecule has 0 fully saturated rings. The van der Waals surface area contributed by atoms with E-state index in [-0.39, 0.29) is 0 Å². The van der Waals surface area contributed by atoms with Crippen LogP contribution in [-0.2, 0) is 6.54 Å². The molecule has 1 heterocycles. The van der Waals surface area contributed by atoms with E-state index in [2.05, 4.69) is 121 Å². The first-order valence-electron chi connectivity index (χ1n) is 11.3. The average molecular weight is 415 g/mol. The Kier molecular flexibility index (Phi) is 4.39. The van der Waals surface area contributed by atoms with Crippen molar-refractivity contribution >= 4 is 38.6 Å². The number of hydrogen-bond donors (Lipinski definition) is 0. The van der Waals surface area contributed by atoms with Crippen LogP contribution in [0.25, 0.3) is 21.5 Å². The third-order valence-electron chi connectivity index (χ3n) is 6.72. The highest BCUT2D eigenvalue weighted by atomic mass is 15.3. The molecule has 1 aliphatic rings. The molecule has 0 aromatic heterocycles. The van der Waals surface area contributed by atoms with Crippen LogP contribution in [0.4, 0.5) is 17.1 Å². The fraction of sp³-hybridized carbons (Fsp3) is 0.133. The summed E-state index contributed by atoms with van der Waals surface area (Å²) in [7, 11) is 0. The Hall–Kier alpha value is -3.78. The third kappa shape index (κ3) is 2.95. The molecule has 5 aromatic rings. The fourth-order valence-corrected chi connectivity index (χ4v) is 5.34. The zero-order valence-corrected chi connectivity index (χ0v) is 18.5. The van der Waals surface area contributed by atoms with Gasteiger partial charge in [0.05, 0.1) is 12.4 Å². The van der Waals surface area contributed by atoms with Crippen molar-refractivity contribution < 1.29 is 0 Å². The molecule has 2 heteroatoms. The highest BCUT2D eigenvalue weighted by Gasteiger charge is 2.27. The SMILES string of the molecule is Cc1cccc(C)c1N1Cc2ccccc2N(c2c3ccccc3cc3ccccc23)C1. The van der Waals surface area contributed by atoms with Crippen molar-refractivity contribution in [2.24, 2.45) is 0 Å². The molecule has 0 saturated heterocycles. The molecule has 0 aliphatic carbocycles. The van der Waals surface area contributed by atoms with Crippen molar-refractivity contribution in [2.45, 2.75) is 20.4 Å². The molecule has 6 rings (SSSR count). The first kappa shape index (κ1) is 18.9. The van der Waals surface area contributed by atoms with Crippen LogP contribution in [0.1, 0.15) is 16.7 Å². The molecule has 0 bridgehead atoms. The Morgan fingerprint density at radius 1 is 0.594 bits per heavy atom. The van der Waals surface area contributed by atoms with E-state index in [1.54, 1.807) is 0 Å². The summed E-state index contributed by atoms with van der Waals surface area (Å²) in [6.45, 7) is 6.18. The van der Waals surface area contributed by atoms with Gasteiger partial charge in [-0.05, 0) is 53.4 Å². The predicted octanol–water partition coefficient (Wildman–Crippen LogP) is 7.73. The first-order valence-corrected chi connectivity index (χ1v) is 11.3. The van der Waals surface area contributed by atoms with Gasteiger partial charge in [-0.2, -0.15) is 0 Å². The van der Waals surface area contributed by atoms with Gasteiger partial charge in [-0.25, -0.2) is 0 Å². The van der Waals surface area contributed by atoms with Crippen LogP contribution in [0.3, 0.4) is 0 Å². The minimum atomic E-state index is 0.820. The van der Waals surface area contributed by atoms with Crippen molar-refractivity contribution in [2.75, 3.05) is 16.5 Å². The molecule has 0 unspecified atom stereocenters. The summed E-state index contributed by atoms with van der Waals surface area (Å²) in [5, 5.41) is 5.15. The van der Waals surface area contributed by atoms with Gasteiger partial charge in [0, 0.05) is 28.7 Å². The monoisotopic (exact) mass is 414 g/mol. The number of fused-ring (bicyclic) bond motifs is 3. The van der Waals surface area contributed by atoms with Gasteiger partial charge in [0.15, 0.2) is 0 Å². The van der Waals surface area contributed by atoms with E-state index in [9.17, 15) is 0 Å². The summed E-state index contributed by atoms with van der Waals surface area (Å²) in [5.74, 6) is 0. The lowest BCUT2D eigenvalue weighted by molar-refractivity contribution is 0.750. The molecule has 5 aromatic carbocycles. The lowest BCUT2D eigenvalue weighted by Crippen LogP contribution is -2.40. The van der Waals surface area contributed by atoms with Crippen LogP contribution in [0.5, 0.6) is 0 Å². The van der Waals surface area contributed by atoms with Gasteiger partial charge >= 0.3 is 0 Å². The Balaban J connectivity index is 1.63. The zero-order chi connectivity index (χ0) is 21.7. The normalized spacial score (nSPS) is 13.6. The van der Waals surface area contributed by atoms with E-state index in [0.717, 1.165) is 13.2 Å². The molecule has 0 amide bonds. The molecule has 156 valence electrons. The number of hydrogen-bond acceptors (Lipinski definition) is 2. The van der Waals surface area contributed by atoms with E-state index in [0.29, 0.717) is 0 Å². The topological polar surface area (TPSA) is 6.48 Å². The third-order valence-corrected chi connectivity index (χ3v) is 6.72. The summed E-state index contributed by atoms with van der Waals surface area (Å²) in [6, 6.07) is 35.3. The molecule has 0 atom stereocenters. The lowest BCUT2D eigenvalue weighted by Gasteiger charge is -2.41. The van der Waals surface area contributed by atoms with E-state index < -0.39 is 0 Å². The number of anilines is 3. The van der Waals surface area contributed by atoms with Gasteiger partial charge < -0.3 is 9.80 Å². The van der Waals surface area contributed by atoms with E-state index in [1.807, 2.05) is 0 Å². The molecule has 0 N–H and O–H groups in total. The maximum atomic E-state index is 2.53. The van der Waals surface area contributed by atoms with E-state index >= 15 is 0 Å². The van der Waals surface area contributed by atoms with Crippen molar-refractivity contribution in [3.05, 3.63) is 114 Å². The summed E-state index contributed by atoms with van der Waals surface area (Å²) >= 11 is 0. The smallest absolute Gasteiger partial charge is 0.0955 e. The maximum absolute atomic E-state index is 2.53. The van der Waals surface area contributed by atoms with E-state index in [1.165, 1.54) is 55.3 Å². The van der Waals surface area contributed by atoms with E-state index in [4.69, 9.17) is 0 Å². The van der Waals surface area contributed by atoms with Crippen LogP contribution < -0.4 is 9.80 Å². The summed E-state index contributed by atoms with van der Waals surface area (Å²) in [6.07, 6.45) is 0. The van der Waals surface area contributed by atoms with Gasteiger partial charge in [0.25, 0.3) is 0 Å². The Labute approximate surface area is 189 Å². The van der Waals surface area contributed by atoms with Crippen molar-refractivity contribution in [3.63, 3.8) is 0 Å². The Morgan fingerprint density at radius 3 is 1.88 bits per heavy atom. The second kappa shape index (κ2) is 7.42. The second-order valence-electron chi connectivity index (χ2n) is 8.80. The van der Waals surface area contributed by atoms with Crippen molar-refractivity contribution in [1.29, 1.82) is 0 Å². The molecule has 2 nitrogen and oxygen atoms in total. The number of para-hydroxylation sites is 2. The minimum absolute atomic E-state index is 0.820. The Bertz CT molecular complexity index is 1390. The van der Waals surface area contributed by atoms with Crippen molar-refractivity contribution in [3.8, 4) is 0 Å². The predicted molar refractivity (Wildman–Crippen MR) is 137 cm³/mol. The molecule has 0 spiro atoms. The van der Waals surface area contributed by atoms with Crippen LogP contribution in [0, 0.1) is 13.8 Å². The first-order chi connectivity index (χ1) is 15.7. The highest BCUT2D eigenvalue weighted by molar-refractivity contribution is 6.12. The number of benzene rings is 5. The summed E-state index contributed by atoms with van der Waals surface area (Å²) < 4.78 is 0. The number of nitrogens with zero attached hydrogens (tertiary/aromatic N) is 2. The van der Waals surface area contributed by atoms with Gasteiger partial charge in [0.1, 0.15) is 0 Å². The molecular weight excluding hydrogens is 388 g/mol. The number of aryl methyl sites for hydroxylation is 2. The molecular formula is C30H26N2. The standard InChI is InChI=1S/C30H26N2/c1-21-10-9-11-22(2)29(21)31-19-25-14-5-8-17-28(25)32(20-31)30-26-15-6-3-12-23(26)18-24-13-4-7-16-27(24)30/h3-18H,19-20H2,1-2H3. The van der Waals surface area contributed by atoms with Crippen molar-refractivity contribution in [1.82, 2.24) is 0 Å². The van der Waals surface area contributed by atoms with Crippen LogP contribution >= 0.6 is 0 Å². The maximum Gasteiger partial charge on any atom is 0.0955 e. The zero-order valence-electron chi connectivity index (χ0n) is 18.5. The minimum Gasteiger partial charge on any atom is -0.349 e. The van der Waals surface area contributed by atoms with Gasteiger partial charge in [-0.1, -0.05) is 84.9 Å². The summed E-state index contributed by atoms with van der Waals surface area (Å²) in [5.41, 5.74) is 7.95. The van der Waals surface area contributed by atoms with Crippen LogP contribution in [0.15, 0.2) is 97.1 Å². The highest BCUT2D eigenvalue weighted by Crippen LogP contribution is 2.43. The largest absolute Gasteiger partial charge is 0.349 e. The van der Waals surface area contributed by atoms with Crippen LogP contribution in [0.2, 0.25) is 0 Å². The van der Waals surface area contributed by atoms with Gasteiger partial charge in [0.2, 0.25) is 0 Å². The van der Waals surface area contributed by atoms with Crippen LogP contribution in [-0.4, -0.2) is 6.67 Å². The molecule has 0 radical (unpaired) electrons.